The van der Waals surface area contributed by atoms with Crippen LogP contribution in [0.5, 0.6) is 0 Å². The molecule has 0 bridgehead atoms. The minimum Gasteiger partial charge on any atom is -0.390 e. The van der Waals surface area contributed by atoms with Crippen molar-refractivity contribution in [2.75, 3.05) is 26.2 Å². The Hall–Kier alpha value is -1.66. The third-order valence-corrected chi connectivity index (χ3v) is 4.40. The second kappa shape index (κ2) is 6.62. The summed E-state index contributed by atoms with van der Waals surface area (Å²) in [6.45, 7) is 5.14. The number of aromatic amines is 1. The highest BCUT2D eigenvalue weighted by molar-refractivity contribution is 5.79. The Bertz CT molecular complexity index is 546. The molecule has 1 saturated heterocycles. The molecule has 120 valence electrons. The number of nitrogens with one attached hydrogen (secondary N) is 1. The van der Waals surface area contributed by atoms with Gasteiger partial charge in [0.05, 0.1) is 6.10 Å². The molecule has 1 aromatic heterocycles. The van der Waals surface area contributed by atoms with E-state index in [1.807, 2.05) is 18.0 Å². The first-order chi connectivity index (χ1) is 10.6. The normalized spacial score (nSPS) is 23.9. The molecule has 0 spiro atoms. The van der Waals surface area contributed by atoms with Crippen LogP contribution in [0.25, 0.3) is 0 Å². The molecule has 22 heavy (non-hydrogen) atoms. The minimum atomic E-state index is -0.496. The van der Waals surface area contributed by atoms with E-state index in [2.05, 4.69) is 27.0 Å². The first-order valence-electron chi connectivity index (χ1n) is 7.96. The molecule has 0 radical (unpaired) electrons. The van der Waals surface area contributed by atoms with Gasteiger partial charge in [-0.2, -0.15) is 0 Å². The maximum Gasteiger partial charge on any atom is 0.226 e. The second-order valence-corrected chi connectivity index (χ2v) is 6.31. The highest BCUT2D eigenvalue weighted by Gasteiger charge is 2.29. The van der Waals surface area contributed by atoms with Crippen molar-refractivity contribution in [3.8, 4) is 0 Å². The van der Waals surface area contributed by atoms with E-state index in [9.17, 15) is 9.90 Å². The van der Waals surface area contributed by atoms with Crippen molar-refractivity contribution in [1.29, 1.82) is 0 Å². The van der Waals surface area contributed by atoms with Crippen LogP contribution < -0.4 is 0 Å². The molecule has 2 heterocycles. The Balaban J connectivity index is 1.58. The van der Waals surface area contributed by atoms with E-state index in [4.69, 9.17) is 0 Å². The number of amides is 1. The molecule has 1 unspecified atom stereocenters. The lowest BCUT2D eigenvalue weighted by Crippen LogP contribution is -2.40. The summed E-state index contributed by atoms with van der Waals surface area (Å²) in [5.74, 6) is 1.16. The summed E-state index contributed by atoms with van der Waals surface area (Å²) in [5.41, 5.74) is 1.05. The molecule has 6 heteroatoms. The third-order valence-electron chi connectivity index (χ3n) is 4.40. The third kappa shape index (κ3) is 3.56. The fourth-order valence-corrected chi connectivity index (χ4v) is 3.27. The number of aliphatic hydroxyl groups excluding tert-OH is 1. The number of hydrogen-bond donors (Lipinski definition) is 2. The number of carbonyl (C=O) groups is 1. The fraction of sp³-hybridized carbons (Fsp3) is 0.625. The number of allylic oxidation sites excluding steroid dienone is 2. The van der Waals surface area contributed by atoms with Gasteiger partial charge < -0.3 is 15.0 Å². The summed E-state index contributed by atoms with van der Waals surface area (Å²) >= 11 is 0. The second-order valence-electron chi connectivity index (χ2n) is 6.31. The molecule has 1 amide bonds. The monoisotopic (exact) mass is 304 g/mol. The van der Waals surface area contributed by atoms with E-state index in [-0.39, 0.29) is 11.8 Å². The molecule has 1 atom stereocenters. The molecule has 1 aliphatic carbocycles. The zero-order valence-corrected chi connectivity index (χ0v) is 13.0. The van der Waals surface area contributed by atoms with Gasteiger partial charge in [-0.3, -0.25) is 9.69 Å². The molecule has 1 fully saturated rings. The van der Waals surface area contributed by atoms with Crippen LogP contribution in [0.1, 0.15) is 24.4 Å². The maximum atomic E-state index is 12.5. The van der Waals surface area contributed by atoms with Gasteiger partial charge in [0.1, 0.15) is 5.82 Å². The Kier molecular flexibility index (Phi) is 4.59. The van der Waals surface area contributed by atoms with E-state index >= 15 is 0 Å². The van der Waals surface area contributed by atoms with Crippen LogP contribution >= 0.6 is 0 Å². The SMILES string of the molecule is Cc1ncc(CN2CCN(C(=O)C3CC=CC3)CC(O)C2)[nH]1. The number of hydrogen-bond acceptors (Lipinski definition) is 4. The Labute approximate surface area is 130 Å². The molecule has 0 saturated carbocycles. The maximum absolute atomic E-state index is 12.5. The lowest BCUT2D eigenvalue weighted by atomic mass is 10.1. The van der Waals surface area contributed by atoms with Crippen LogP contribution in [0.4, 0.5) is 0 Å². The van der Waals surface area contributed by atoms with Crippen LogP contribution in [-0.2, 0) is 11.3 Å². The van der Waals surface area contributed by atoms with Gasteiger partial charge in [-0.15, -0.1) is 0 Å². The average Bonchev–Trinajstić information content (AvgIpc) is 3.10. The number of carbonyl (C=O) groups excluding carboxylic acids is 1. The zero-order valence-electron chi connectivity index (χ0n) is 13.0. The predicted octanol–water partition coefficient (Wildman–Crippen LogP) is 0.689. The number of nitrogens with zero attached hydrogens (tertiary/aromatic N) is 3. The van der Waals surface area contributed by atoms with Crippen LogP contribution in [0.15, 0.2) is 18.3 Å². The molecule has 3 rings (SSSR count). The summed E-state index contributed by atoms with van der Waals surface area (Å²) in [4.78, 5) is 23.9. The van der Waals surface area contributed by atoms with Crippen molar-refractivity contribution in [2.45, 2.75) is 32.4 Å². The lowest BCUT2D eigenvalue weighted by molar-refractivity contribution is -0.136. The van der Waals surface area contributed by atoms with E-state index in [0.29, 0.717) is 19.6 Å². The quantitative estimate of drug-likeness (QED) is 0.806. The summed E-state index contributed by atoms with van der Waals surface area (Å²) in [7, 11) is 0. The minimum absolute atomic E-state index is 0.0778. The van der Waals surface area contributed by atoms with Crippen molar-refractivity contribution in [2.24, 2.45) is 5.92 Å². The first-order valence-corrected chi connectivity index (χ1v) is 7.96. The highest BCUT2D eigenvalue weighted by atomic mass is 16.3. The number of imidazole rings is 1. The van der Waals surface area contributed by atoms with Crippen LogP contribution in [0.2, 0.25) is 0 Å². The smallest absolute Gasteiger partial charge is 0.226 e. The van der Waals surface area contributed by atoms with Crippen molar-refractivity contribution in [1.82, 2.24) is 19.8 Å². The number of β-amino-alcohol motifs (C(OH)–C–C–N with tert-alkyl or cyclic N) is 1. The van der Waals surface area contributed by atoms with Gasteiger partial charge in [0.25, 0.3) is 0 Å². The molecule has 1 aromatic rings. The van der Waals surface area contributed by atoms with Crippen molar-refractivity contribution in [3.63, 3.8) is 0 Å². The number of aryl methyl sites for hydroxylation is 1. The van der Waals surface area contributed by atoms with Gasteiger partial charge in [-0.1, -0.05) is 12.2 Å². The van der Waals surface area contributed by atoms with Crippen LogP contribution in [0.3, 0.4) is 0 Å². The van der Waals surface area contributed by atoms with Crippen molar-refractivity contribution < 1.29 is 9.90 Å². The van der Waals surface area contributed by atoms with Crippen LogP contribution in [-0.4, -0.2) is 63.1 Å². The van der Waals surface area contributed by atoms with E-state index in [1.165, 1.54) is 0 Å². The number of H-pyrrole nitrogens is 1. The van der Waals surface area contributed by atoms with E-state index in [1.54, 1.807) is 0 Å². The predicted molar refractivity (Wildman–Crippen MR) is 83.1 cm³/mol. The Morgan fingerprint density at radius 1 is 1.36 bits per heavy atom. The summed E-state index contributed by atoms with van der Waals surface area (Å²) in [6, 6.07) is 0. The topological polar surface area (TPSA) is 72.5 Å². The fourth-order valence-electron chi connectivity index (χ4n) is 3.27. The summed E-state index contributed by atoms with van der Waals surface area (Å²) in [6.07, 6.45) is 7.16. The molecule has 2 aliphatic rings. The Morgan fingerprint density at radius 3 is 2.82 bits per heavy atom. The number of rotatable bonds is 3. The van der Waals surface area contributed by atoms with Crippen molar-refractivity contribution in [3.05, 3.63) is 29.9 Å². The summed E-state index contributed by atoms with van der Waals surface area (Å²) in [5, 5.41) is 10.2. The van der Waals surface area contributed by atoms with Gasteiger partial charge in [0.2, 0.25) is 5.91 Å². The molecule has 1 aliphatic heterocycles. The van der Waals surface area contributed by atoms with Crippen molar-refractivity contribution >= 4 is 5.91 Å². The van der Waals surface area contributed by atoms with Gasteiger partial charge in [0, 0.05) is 50.5 Å². The van der Waals surface area contributed by atoms with Crippen LogP contribution in [0, 0.1) is 12.8 Å². The Morgan fingerprint density at radius 2 is 2.14 bits per heavy atom. The molecule has 2 N–H and O–H groups in total. The van der Waals surface area contributed by atoms with Gasteiger partial charge in [-0.05, 0) is 19.8 Å². The van der Waals surface area contributed by atoms with E-state index < -0.39 is 6.10 Å². The average molecular weight is 304 g/mol. The number of aliphatic hydroxyl groups is 1. The first kappa shape index (κ1) is 15.2. The molecule has 6 nitrogen and oxygen atoms in total. The van der Waals surface area contributed by atoms with Gasteiger partial charge >= 0.3 is 0 Å². The zero-order chi connectivity index (χ0) is 15.5. The van der Waals surface area contributed by atoms with Gasteiger partial charge in [0.15, 0.2) is 0 Å². The summed E-state index contributed by atoms with van der Waals surface area (Å²) < 4.78 is 0. The van der Waals surface area contributed by atoms with E-state index in [0.717, 1.165) is 37.4 Å². The largest absolute Gasteiger partial charge is 0.390 e. The molecular weight excluding hydrogens is 280 g/mol. The highest BCUT2D eigenvalue weighted by Crippen LogP contribution is 2.21. The lowest BCUT2D eigenvalue weighted by Gasteiger charge is -2.24. The molecule has 0 aromatic carbocycles. The number of aromatic nitrogens is 2. The van der Waals surface area contributed by atoms with Gasteiger partial charge in [-0.25, -0.2) is 4.98 Å². The molecular formula is C16H24N4O2. The standard InChI is InChI=1S/C16H24N4O2/c1-12-17-8-14(18-12)9-19-6-7-20(11-15(21)10-19)16(22)13-4-2-3-5-13/h2-3,8,13,15,21H,4-7,9-11H2,1H3,(H,17,18).